The fourth-order valence-corrected chi connectivity index (χ4v) is 14.8. The highest BCUT2D eigenvalue weighted by Crippen LogP contribution is 2.41. The molecule has 0 aliphatic carbocycles. The Morgan fingerprint density at radius 1 is 0.330 bits per heavy atom. The number of para-hydroxylation sites is 1. The van der Waals surface area contributed by atoms with Crippen molar-refractivity contribution in [2.45, 2.75) is 94.7 Å². The van der Waals surface area contributed by atoms with Gasteiger partial charge in [-0.3, -0.25) is 0 Å². The van der Waals surface area contributed by atoms with Crippen molar-refractivity contribution in [3.8, 4) is 78.5 Å². The van der Waals surface area contributed by atoms with Crippen molar-refractivity contribution in [2.24, 2.45) is 35.2 Å². The zero-order valence-electron chi connectivity index (χ0n) is 74.5. The Kier molecular flexibility index (Phi) is 19.4. The summed E-state index contributed by atoms with van der Waals surface area (Å²) in [5, 5.41) is 6.15. The van der Waals surface area contributed by atoms with Crippen LogP contribution >= 0.6 is 0 Å². The molecular weight excluding hydrogens is 1370 g/mol. The van der Waals surface area contributed by atoms with E-state index >= 15 is 0 Å². The van der Waals surface area contributed by atoms with Gasteiger partial charge in [-0.25, -0.2) is 32.8 Å². The van der Waals surface area contributed by atoms with Crippen LogP contribution < -0.4 is 22.8 Å². The Labute approximate surface area is 669 Å². The summed E-state index contributed by atoms with van der Waals surface area (Å²) in [5.74, 6) is -3.42. The lowest BCUT2D eigenvalue weighted by Crippen LogP contribution is -2.31. The third-order valence-corrected chi connectivity index (χ3v) is 21.2. The molecule has 0 spiro atoms. The van der Waals surface area contributed by atoms with Crippen molar-refractivity contribution in [1.29, 1.82) is 0 Å². The van der Waals surface area contributed by atoms with Gasteiger partial charge >= 0.3 is 0 Å². The van der Waals surface area contributed by atoms with Gasteiger partial charge in [0.15, 0.2) is 42.2 Å². The quantitative estimate of drug-likeness (QED) is 0.134. The molecule has 2 atom stereocenters. The zero-order valence-corrected chi connectivity index (χ0v) is 66.5. The first kappa shape index (κ1) is 66.2. The molecule has 0 saturated heterocycles. The Morgan fingerprint density at radius 2 is 0.812 bits per heavy atom. The van der Waals surface area contributed by atoms with Crippen LogP contribution in [0.2, 0.25) is 0 Å². The summed E-state index contributed by atoms with van der Waals surface area (Å²) < 4.78 is 92.3. The number of benzene rings is 8. The third-order valence-electron chi connectivity index (χ3n) is 21.2. The first-order chi connectivity index (χ1) is 57.2. The summed E-state index contributed by atoms with van der Waals surface area (Å²) >= 11 is 0. The predicted molar refractivity (Wildman–Crippen MR) is 460 cm³/mol. The first-order valence-electron chi connectivity index (χ1n) is 41.9. The fraction of sp³-hybridized carbons (Fsp3) is 0.186. The minimum absolute atomic E-state index is 0.436. The summed E-state index contributed by atoms with van der Waals surface area (Å²) in [6.07, 6.45) is 11.7. The number of pyridine rings is 7. The van der Waals surface area contributed by atoms with Gasteiger partial charge in [-0.1, -0.05) is 179 Å². The van der Waals surface area contributed by atoms with Crippen LogP contribution in [0.25, 0.3) is 145 Å². The molecule has 0 radical (unpaired) electrons. The first-order valence-corrected chi connectivity index (χ1v) is 37.9. The number of rotatable bonds is 9. The molecule has 8 aromatic carbocycles. The molecule has 0 amide bonds. The van der Waals surface area contributed by atoms with E-state index in [0.717, 1.165) is 99.7 Å². The van der Waals surface area contributed by atoms with E-state index < -0.39 is 25.5 Å². The molecular formula is C102H100N7O3+5. The van der Waals surface area contributed by atoms with Gasteiger partial charge in [0, 0.05) is 126 Å². The van der Waals surface area contributed by atoms with E-state index in [-0.39, 0.29) is 0 Å². The number of aromatic nitrogens is 7. The maximum absolute atomic E-state index is 8.46. The lowest BCUT2D eigenvalue weighted by Gasteiger charge is -2.09. The van der Waals surface area contributed by atoms with Crippen LogP contribution in [0.4, 0.5) is 0 Å². The molecule has 18 rings (SSSR count). The predicted octanol–water partition coefficient (Wildman–Crippen LogP) is 23.4. The number of nitrogens with zero attached hydrogens (tertiary/aromatic N) is 7. The van der Waals surface area contributed by atoms with Gasteiger partial charge in [0.05, 0.1) is 16.7 Å². The fourth-order valence-electron chi connectivity index (χ4n) is 14.8. The molecule has 0 aliphatic rings. The number of furan rings is 3. The van der Waals surface area contributed by atoms with Crippen LogP contribution in [0.5, 0.6) is 0 Å². The van der Waals surface area contributed by atoms with Crippen LogP contribution in [-0.4, -0.2) is 9.97 Å². The van der Waals surface area contributed by atoms with Gasteiger partial charge in [-0.2, -0.15) is 0 Å². The van der Waals surface area contributed by atoms with Gasteiger partial charge in [0.25, 0.3) is 0 Å². The molecule has 10 nitrogen and oxygen atoms in total. The van der Waals surface area contributed by atoms with Crippen LogP contribution in [0.1, 0.15) is 106 Å². The highest BCUT2D eigenvalue weighted by molar-refractivity contribution is 6.11. The maximum Gasteiger partial charge on any atom is 0.227 e. The highest BCUT2D eigenvalue weighted by atomic mass is 16.3. The molecule has 10 aromatic heterocycles. The van der Waals surface area contributed by atoms with Crippen LogP contribution in [0.3, 0.4) is 0 Å². The smallest absolute Gasteiger partial charge is 0.227 e. The molecule has 556 valence electrons. The molecule has 0 bridgehead atoms. The summed E-state index contributed by atoms with van der Waals surface area (Å²) in [7, 11) is 10.1. The van der Waals surface area contributed by atoms with Gasteiger partial charge in [0.1, 0.15) is 46.4 Å². The van der Waals surface area contributed by atoms with Crippen LogP contribution in [-0.2, 0) is 35.2 Å². The Balaban J connectivity index is 0.000000124. The highest BCUT2D eigenvalue weighted by Gasteiger charge is 2.26. The molecule has 2 unspecified atom stereocenters. The molecule has 0 N–H and O–H groups in total. The lowest BCUT2D eigenvalue weighted by molar-refractivity contribution is -0.660. The summed E-state index contributed by atoms with van der Waals surface area (Å²) in [5.41, 5.74) is 30.6. The van der Waals surface area contributed by atoms with E-state index in [1.165, 1.54) is 86.4 Å². The minimum Gasteiger partial charge on any atom is -0.455 e. The molecule has 112 heavy (non-hydrogen) atoms. The molecule has 0 aliphatic heterocycles. The van der Waals surface area contributed by atoms with E-state index in [1.54, 1.807) is 36.7 Å². The monoisotopic (exact) mass is 1480 g/mol. The molecule has 0 fully saturated rings. The number of hydrogen-bond acceptors (Lipinski definition) is 5. The second kappa shape index (κ2) is 32.8. The Morgan fingerprint density at radius 3 is 1.41 bits per heavy atom. The number of aryl methyl sites for hydroxylation is 13. The largest absolute Gasteiger partial charge is 0.455 e. The summed E-state index contributed by atoms with van der Waals surface area (Å²) in [6.45, 7) is 14.7. The standard InChI is InChI=1S/C22H22NO.C21H21N2O.2C20H20N.C19H17N2O/c1-14(2)16-11-12-23(4)19(13-16)21-15(3)9-10-18-17-7-5-6-8-20(17)24-22(18)21;1-13(2)15-9-11-23(4)18(12-15)19-14(3)7-8-16-17-6-5-10-22-21(17)24-20(16)19;1-15-9-7-8-12-18(15)20-13-16(2)19(14-21(20)3)17-10-5-4-6-11-17;1-15-8-10-17(11-9-15)18-12-13-21(3)20(14-18)19-7-5-4-6-16(19)2;1-12-7-9-14-15-10-8-13(2)20-19(15)22-18(14)17(12)16-6-4-5-11-21(16)3/h5-14H,1-4H3;5-13H,1-4H3;2*4-14H,1-3H3;4-11H,1-3H3/q5*+1/i1D3,14D;1D3,13D;;;. The minimum atomic E-state index is -2.44. The normalized spacial score (nSPS) is 13.6. The van der Waals surface area contributed by atoms with E-state index in [4.69, 9.17) is 24.2 Å². The van der Waals surface area contributed by atoms with Crippen molar-refractivity contribution in [3.05, 3.63) is 342 Å². The van der Waals surface area contributed by atoms with Crippen molar-refractivity contribution < 1.29 is 47.1 Å². The average Bonchev–Trinajstić information content (AvgIpc) is 1.58. The third kappa shape index (κ3) is 15.7. The topological polar surface area (TPSA) is 84.6 Å². The van der Waals surface area contributed by atoms with Crippen molar-refractivity contribution in [2.75, 3.05) is 0 Å². The lowest BCUT2D eigenvalue weighted by atomic mass is 9.97. The van der Waals surface area contributed by atoms with Gasteiger partial charge in [-0.05, 0) is 177 Å². The second-order valence-electron chi connectivity index (χ2n) is 29.3. The Hall–Kier alpha value is -12.8. The maximum atomic E-state index is 8.46. The van der Waals surface area contributed by atoms with Gasteiger partial charge in [-0.15, -0.1) is 0 Å². The molecule has 0 saturated carbocycles. The molecule has 10 heterocycles. The van der Waals surface area contributed by atoms with E-state index in [0.29, 0.717) is 28.1 Å². The van der Waals surface area contributed by atoms with Gasteiger partial charge in [0.2, 0.25) is 39.9 Å². The van der Waals surface area contributed by atoms with E-state index in [9.17, 15) is 0 Å². The number of fused-ring (bicyclic) bond motifs is 9. The zero-order chi connectivity index (χ0) is 85.4. The van der Waals surface area contributed by atoms with Crippen molar-refractivity contribution in [1.82, 2.24) is 9.97 Å². The molecule has 10 heteroatoms. The summed E-state index contributed by atoms with van der Waals surface area (Å²) in [4.78, 5) is 8.84. The number of hydrogen-bond donors (Lipinski definition) is 0. The van der Waals surface area contributed by atoms with Crippen molar-refractivity contribution >= 4 is 66.1 Å². The molecule has 18 aromatic rings. The SMILES string of the molecule is Cc1cc(-c2ccccc2C)[n+](C)cc1-c1ccccc1.Cc1ccc(-c2cc[n+](C)c(-c3ccccc3C)c2)cc1.Cc1ccc2c(n1)oc1c(-c3cccc[n+]3C)c(C)ccc12.[2H]C([2H])([2H])C([2H])(C)c1cc[n+](C)c(-c2c(C)ccc3c2oc2ccccc23)c1.[2H]C([2H])([2H])C([2H])(C)c1cc[n+](C)c(-c2c(C)ccc3c2oc2ncccc23)c1. The Bertz CT molecular complexity index is 6690. The summed E-state index contributed by atoms with van der Waals surface area (Å²) in [6, 6.07) is 84.5. The second-order valence-corrected chi connectivity index (χ2v) is 29.3. The average molecular weight is 1480 g/mol. The van der Waals surface area contributed by atoms with Crippen molar-refractivity contribution in [3.63, 3.8) is 0 Å². The van der Waals surface area contributed by atoms with Crippen LogP contribution in [0.15, 0.2) is 299 Å². The van der Waals surface area contributed by atoms with Gasteiger partial charge < -0.3 is 13.3 Å². The van der Waals surface area contributed by atoms with E-state index in [1.807, 2.05) is 111 Å². The van der Waals surface area contributed by atoms with E-state index in [2.05, 4.69) is 262 Å². The van der Waals surface area contributed by atoms with Crippen LogP contribution in [0, 0.1) is 55.4 Å².